The first-order chi connectivity index (χ1) is 21.1. The van der Waals surface area contributed by atoms with Gasteiger partial charge in [0.15, 0.2) is 5.78 Å². The van der Waals surface area contributed by atoms with Crippen LogP contribution in [0.3, 0.4) is 0 Å². The molecule has 216 valence electrons. The Kier molecular flexibility index (Phi) is 7.32. The maximum absolute atomic E-state index is 14.4. The predicted octanol–water partition coefficient (Wildman–Crippen LogP) is 6.60. The van der Waals surface area contributed by atoms with Gasteiger partial charge in [0.25, 0.3) is 0 Å². The first kappa shape index (κ1) is 27.2. The van der Waals surface area contributed by atoms with Crippen LogP contribution in [0.2, 0.25) is 0 Å². The third-order valence-electron chi connectivity index (χ3n) is 9.03. The summed E-state index contributed by atoms with van der Waals surface area (Å²) in [5.74, 6) is 0.0227. The van der Waals surface area contributed by atoms with E-state index < -0.39 is 18.0 Å². The van der Waals surface area contributed by atoms with Crippen molar-refractivity contribution in [1.82, 2.24) is 0 Å². The van der Waals surface area contributed by atoms with Crippen molar-refractivity contribution in [3.8, 4) is 22.6 Å². The fourth-order valence-electron chi connectivity index (χ4n) is 6.81. The Morgan fingerprint density at radius 1 is 0.791 bits per heavy atom. The van der Waals surface area contributed by atoms with Crippen molar-refractivity contribution in [2.75, 3.05) is 7.11 Å². The zero-order chi connectivity index (χ0) is 29.3. The van der Waals surface area contributed by atoms with Gasteiger partial charge in [-0.15, -0.1) is 0 Å². The van der Waals surface area contributed by atoms with Crippen LogP contribution in [-0.2, 0) is 11.2 Å². The molecular formula is C38H34O5. The summed E-state index contributed by atoms with van der Waals surface area (Å²) in [4.78, 5) is 27.9. The SMILES string of the molecule is COc1ccc(C(=O)C2CC=c3c(ccc4c3=CCc3ccccc3-4)C2OC(=O)c2ccccc2)c(OC2CCCC2)c1. The number of methoxy groups -OCH3 is 1. The molecule has 1 saturated carbocycles. The van der Waals surface area contributed by atoms with E-state index in [1.165, 1.54) is 11.1 Å². The molecule has 0 bridgehead atoms. The summed E-state index contributed by atoms with van der Waals surface area (Å²) < 4.78 is 18.2. The van der Waals surface area contributed by atoms with E-state index in [9.17, 15) is 9.59 Å². The highest BCUT2D eigenvalue weighted by Gasteiger charge is 2.38. The molecule has 5 heteroatoms. The summed E-state index contributed by atoms with van der Waals surface area (Å²) in [6.07, 6.45) is 9.18. The molecule has 0 aliphatic heterocycles. The van der Waals surface area contributed by atoms with E-state index >= 15 is 0 Å². The van der Waals surface area contributed by atoms with Crippen LogP contribution in [0.5, 0.6) is 11.5 Å². The van der Waals surface area contributed by atoms with Crippen LogP contribution < -0.4 is 19.9 Å². The molecule has 0 aromatic heterocycles. The highest BCUT2D eigenvalue weighted by atomic mass is 16.5. The molecule has 7 rings (SSSR count). The van der Waals surface area contributed by atoms with Crippen LogP contribution in [-0.4, -0.2) is 25.0 Å². The van der Waals surface area contributed by atoms with Gasteiger partial charge in [0.1, 0.15) is 17.6 Å². The number of hydrogen-bond acceptors (Lipinski definition) is 5. The molecule has 0 radical (unpaired) electrons. The van der Waals surface area contributed by atoms with Gasteiger partial charge >= 0.3 is 5.97 Å². The molecule has 0 saturated heterocycles. The summed E-state index contributed by atoms with van der Waals surface area (Å²) >= 11 is 0. The van der Waals surface area contributed by atoms with Crippen LogP contribution in [0.1, 0.15) is 70.1 Å². The van der Waals surface area contributed by atoms with E-state index in [2.05, 4.69) is 42.5 Å². The van der Waals surface area contributed by atoms with E-state index in [-0.39, 0.29) is 11.9 Å². The fourth-order valence-corrected chi connectivity index (χ4v) is 6.81. The van der Waals surface area contributed by atoms with Crippen LogP contribution >= 0.6 is 0 Å². The van der Waals surface area contributed by atoms with E-state index in [1.54, 1.807) is 37.4 Å². The van der Waals surface area contributed by atoms with Gasteiger partial charge in [-0.3, -0.25) is 4.79 Å². The number of carbonyl (C=O) groups is 2. The van der Waals surface area contributed by atoms with Crippen LogP contribution in [0.15, 0.2) is 84.9 Å². The Morgan fingerprint density at radius 3 is 2.40 bits per heavy atom. The van der Waals surface area contributed by atoms with E-state index in [0.717, 1.165) is 53.7 Å². The minimum Gasteiger partial charge on any atom is -0.497 e. The van der Waals surface area contributed by atoms with E-state index in [0.29, 0.717) is 29.0 Å². The summed E-state index contributed by atoms with van der Waals surface area (Å²) in [7, 11) is 1.61. The molecule has 0 N–H and O–H groups in total. The third-order valence-corrected chi connectivity index (χ3v) is 9.03. The van der Waals surface area contributed by atoms with Gasteiger partial charge in [-0.25, -0.2) is 4.79 Å². The van der Waals surface area contributed by atoms with Gasteiger partial charge in [-0.05, 0) is 89.9 Å². The van der Waals surface area contributed by atoms with Gasteiger partial charge in [-0.2, -0.15) is 0 Å². The first-order valence-corrected chi connectivity index (χ1v) is 15.2. The molecule has 3 aliphatic carbocycles. The molecule has 1 fully saturated rings. The zero-order valence-electron chi connectivity index (χ0n) is 24.3. The number of ketones is 1. The van der Waals surface area contributed by atoms with Gasteiger partial charge < -0.3 is 14.2 Å². The molecule has 2 unspecified atom stereocenters. The monoisotopic (exact) mass is 570 g/mol. The topological polar surface area (TPSA) is 61.8 Å². The summed E-state index contributed by atoms with van der Waals surface area (Å²) in [6, 6.07) is 27.0. The summed E-state index contributed by atoms with van der Waals surface area (Å²) in [5, 5.41) is 2.18. The molecule has 0 heterocycles. The number of esters is 1. The summed E-state index contributed by atoms with van der Waals surface area (Å²) in [6.45, 7) is 0. The van der Waals surface area contributed by atoms with Gasteiger partial charge in [-0.1, -0.05) is 66.7 Å². The highest BCUT2D eigenvalue weighted by Crippen LogP contribution is 2.38. The number of rotatable bonds is 7. The predicted molar refractivity (Wildman–Crippen MR) is 167 cm³/mol. The molecule has 3 aliphatic rings. The number of benzene rings is 4. The summed E-state index contributed by atoms with van der Waals surface area (Å²) in [5.41, 5.74) is 5.48. The average Bonchev–Trinajstić information content (AvgIpc) is 3.57. The minimum absolute atomic E-state index is 0.0777. The molecule has 4 aromatic carbocycles. The number of Topliss-reactive ketones (excluding diaryl/α,β-unsaturated/α-hetero) is 1. The Balaban J connectivity index is 1.31. The van der Waals surface area contributed by atoms with Crippen LogP contribution in [0.25, 0.3) is 23.3 Å². The fraction of sp³-hybridized carbons (Fsp3) is 0.263. The Morgan fingerprint density at radius 2 is 1.58 bits per heavy atom. The van der Waals surface area contributed by atoms with Crippen molar-refractivity contribution in [2.45, 2.75) is 50.7 Å². The second-order valence-electron chi connectivity index (χ2n) is 11.6. The maximum Gasteiger partial charge on any atom is 0.338 e. The highest BCUT2D eigenvalue weighted by molar-refractivity contribution is 6.02. The van der Waals surface area contributed by atoms with E-state index in [1.807, 2.05) is 24.3 Å². The number of ether oxygens (including phenoxy) is 3. The molecule has 5 nitrogen and oxygen atoms in total. The number of fused-ring (bicyclic) bond motifs is 5. The molecule has 2 atom stereocenters. The molecular weight excluding hydrogens is 536 g/mol. The lowest BCUT2D eigenvalue weighted by molar-refractivity contribution is 0.0138. The van der Waals surface area contributed by atoms with Gasteiger partial charge in [0.05, 0.1) is 30.3 Å². The third kappa shape index (κ3) is 5.14. The number of carbonyl (C=O) groups excluding carboxylic acids is 2. The standard InChI is InChI=1S/C38H34O5/c1-41-27-16-18-33(35(23-27)42-26-12-6-7-13-26)36(39)34-22-20-31-30-17-15-24-9-5-8-14-28(24)29(30)19-21-32(31)37(34)43-38(40)25-10-3-2-4-11-25/h2-5,8-11,14,16-21,23,26,34,37H,6-7,12-13,15,22H2,1H3. The Hall–Kier alpha value is -4.64. The lowest BCUT2D eigenvalue weighted by Gasteiger charge is -2.31. The normalized spacial score (nSPS) is 18.7. The van der Waals surface area contributed by atoms with Crippen LogP contribution in [0, 0.1) is 5.92 Å². The zero-order valence-corrected chi connectivity index (χ0v) is 24.3. The molecule has 43 heavy (non-hydrogen) atoms. The quantitative estimate of drug-likeness (QED) is 0.185. The van der Waals surface area contributed by atoms with Crippen molar-refractivity contribution in [3.63, 3.8) is 0 Å². The average molecular weight is 571 g/mol. The second-order valence-corrected chi connectivity index (χ2v) is 11.6. The van der Waals surface area contributed by atoms with Gasteiger partial charge in [0, 0.05) is 11.6 Å². The van der Waals surface area contributed by atoms with E-state index in [4.69, 9.17) is 14.2 Å². The lowest BCUT2D eigenvalue weighted by Crippen LogP contribution is -2.41. The first-order valence-electron chi connectivity index (χ1n) is 15.2. The largest absolute Gasteiger partial charge is 0.497 e. The minimum atomic E-state index is -0.752. The van der Waals surface area contributed by atoms with Crippen molar-refractivity contribution in [2.24, 2.45) is 5.92 Å². The second kappa shape index (κ2) is 11.6. The Labute approximate surface area is 251 Å². The van der Waals surface area contributed by atoms with Crippen LogP contribution in [0.4, 0.5) is 0 Å². The van der Waals surface area contributed by atoms with Crippen molar-refractivity contribution in [1.29, 1.82) is 0 Å². The van der Waals surface area contributed by atoms with Crippen molar-refractivity contribution >= 4 is 23.9 Å². The molecule has 0 amide bonds. The molecule has 0 spiro atoms. The van der Waals surface area contributed by atoms with Crippen molar-refractivity contribution in [3.05, 3.63) is 118 Å². The Bertz CT molecular complexity index is 1820. The van der Waals surface area contributed by atoms with Crippen molar-refractivity contribution < 1.29 is 23.8 Å². The van der Waals surface area contributed by atoms with Gasteiger partial charge in [0.2, 0.25) is 0 Å². The smallest absolute Gasteiger partial charge is 0.338 e. The molecule has 4 aromatic rings. The maximum atomic E-state index is 14.4. The number of hydrogen-bond donors (Lipinski definition) is 0. The lowest BCUT2D eigenvalue weighted by atomic mass is 9.79.